The van der Waals surface area contributed by atoms with Crippen molar-refractivity contribution in [2.75, 3.05) is 51.3 Å². The Kier molecular flexibility index (Phi) is 11.1. The van der Waals surface area contributed by atoms with Gasteiger partial charge in [-0.25, -0.2) is 9.18 Å². The van der Waals surface area contributed by atoms with E-state index in [4.69, 9.17) is 26.8 Å². The molecule has 0 radical (unpaired) electrons. The first-order valence-electron chi connectivity index (χ1n) is 14.7. The van der Waals surface area contributed by atoms with E-state index in [1.807, 2.05) is 0 Å². The Hall–Kier alpha value is -4.31. The Balaban J connectivity index is 1.33. The number of hydrogen-bond acceptors (Lipinski definition) is 8. The van der Waals surface area contributed by atoms with Gasteiger partial charge in [-0.1, -0.05) is 36.1 Å². The number of nitrogens with one attached hydrogen (secondary N) is 1. The van der Waals surface area contributed by atoms with Crippen molar-refractivity contribution in [2.45, 2.75) is 12.6 Å². The standard InChI is InChI=1S/C33H29F4N3O6S2/c34-26-19-23(33(35,36)37)4-7-25(26)21-3-8-27(46-16-13-39-11-14-45-15-12-39)22(17-21)18-28-30(42)40(32(47)48-28)10-9-29(41)38-24-5-1-20(2-6-24)31(43)44/h1-8,17-19H,9-16H2,(H,38,41)(H,43,44). The van der Waals surface area contributed by atoms with E-state index in [2.05, 4.69) is 10.2 Å². The third-order valence-electron chi connectivity index (χ3n) is 7.52. The summed E-state index contributed by atoms with van der Waals surface area (Å²) in [5.74, 6) is -2.66. The Bertz CT molecular complexity index is 1740. The van der Waals surface area contributed by atoms with Crippen molar-refractivity contribution in [3.8, 4) is 16.9 Å². The highest BCUT2D eigenvalue weighted by atomic mass is 32.2. The zero-order chi connectivity index (χ0) is 34.4. The first-order chi connectivity index (χ1) is 22.9. The van der Waals surface area contributed by atoms with Crippen LogP contribution in [0.5, 0.6) is 5.75 Å². The molecule has 3 aromatic carbocycles. The maximum absolute atomic E-state index is 14.9. The molecule has 3 aromatic rings. The summed E-state index contributed by atoms with van der Waals surface area (Å²) in [6, 6.07) is 12.6. The van der Waals surface area contributed by atoms with Crippen LogP contribution in [0.2, 0.25) is 0 Å². The number of benzene rings is 3. The molecule has 2 N–H and O–H groups in total. The van der Waals surface area contributed by atoms with Crippen molar-refractivity contribution < 1.29 is 46.5 Å². The van der Waals surface area contributed by atoms with Gasteiger partial charge in [-0.15, -0.1) is 0 Å². The number of nitrogens with zero attached hydrogens (tertiary/aromatic N) is 2. The Labute approximate surface area is 282 Å². The molecule has 0 atom stereocenters. The lowest BCUT2D eigenvalue weighted by molar-refractivity contribution is -0.137. The average Bonchev–Trinajstić information content (AvgIpc) is 3.32. The highest BCUT2D eigenvalue weighted by Crippen LogP contribution is 2.37. The summed E-state index contributed by atoms with van der Waals surface area (Å²) < 4.78 is 66.0. The molecule has 0 bridgehead atoms. The van der Waals surface area contributed by atoms with E-state index in [1.54, 1.807) is 6.07 Å². The fourth-order valence-corrected chi connectivity index (χ4v) is 6.26. The monoisotopic (exact) mass is 703 g/mol. The predicted octanol–water partition coefficient (Wildman–Crippen LogP) is 6.15. The van der Waals surface area contributed by atoms with E-state index in [-0.39, 0.29) is 38.9 Å². The number of anilines is 1. The summed E-state index contributed by atoms with van der Waals surface area (Å²) in [6.07, 6.45) is -3.27. The van der Waals surface area contributed by atoms with Gasteiger partial charge in [0, 0.05) is 49.4 Å². The zero-order valence-electron chi connectivity index (χ0n) is 25.2. The number of carboxylic acids is 1. The Morgan fingerprint density at radius 2 is 1.77 bits per heavy atom. The number of morpholine rings is 1. The molecular formula is C33H29F4N3O6S2. The number of carboxylic acid groups (broad SMARTS) is 1. The number of amides is 2. The lowest BCUT2D eigenvalue weighted by Crippen LogP contribution is -2.38. The number of halogens is 4. The molecule has 2 fully saturated rings. The van der Waals surface area contributed by atoms with Crippen LogP contribution in [-0.2, 0) is 20.5 Å². The quantitative estimate of drug-likeness (QED) is 0.138. The van der Waals surface area contributed by atoms with Gasteiger partial charge >= 0.3 is 12.1 Å². The van der Waals surface area contributed by atoms with Gasteiger partial charge in [0.2, 0.25) is 5.91 Å². The molecule has 252 valence electrons. The van der Waals surface area contributed by atoms with Gasteiger partial charge in [-0.3, -0.25) is 19.4 Å². The van der Waals surface area contributed by atoms with E-state index < -0.39 is 35.3 Å². The van der Waals surface area contributed by atoms with Crippen LogP contribution >= 0.6 is 24.0 Å². The smallest absolute Gasteiger partial charge is 0.416 e. The molecule has 15 heteroatoms. The molecule has 0 aliphatic carbocycles. The number of rotatable bonds is 11. The first-order valence-corrected chi connectivity index (χ1v) is 15.9. The fraction of sp³-hybridized carbons (Fsp3) is 0.273. The molecule has 0 unspecified atom stereocenters. The Morgan fingerprint density at radius 1 is 1.04 bits per heavy atom. The van der Waals surface area contributed by atoms with E-state index in [0.717, 1.165) is 37.0 Å². The van der Waals surface area contributed by atoms with Crippen LogP contribution in [0.25, 0.3) is 17.2 Å². The molecule has 5 rings (SSSR count). The molecule has 2 heterocycles. The second-order valence-corrected chi connectivity index (χ2v) is 12.4. The molecule has 9 nitrogen and oxygen atoms in total. The van der Waals surface area contributed by atoms with E-state index >= 15 is 0 Å². The van der Waals surface area contributed by atoms with Gasteiger partial charge in [0.25, 0.3) is 5.91 Å². The molecule has 48 heavy (non-hydrogen) atoms. The number of thiocarbonyl (C=S) groups is 1. The maximum Gasteiger partial charge on any atom is 0.416 e. The summed E-state index contributed by atoms with van der Waals surface area (Å²) >= 11 is 6.43. The van der Waals surface area contributed by atoms with Gasteiger partial charge in [0.15, 0.2) is 0 Å². The number of thioether (sulfide) groups is 1. The van der Waals surface area contributed by atoms with Gasteiger partial charge in [0.1, 0.15) is 22.5 Å². The summed E-state index contributed by atoms with van der Waals surface area (Å²) in [5.41, 5.74) is -0.0543. The number of alkyl halides is 3. The van der Waals surface area contributed by atoms with Gasteiger partial charge in [-0.05, 0) is 60.2 Å². The maximum atomic E-state index is 14.9. The van der Waals surface area contributed by atoms with Crippen LogP contribution < -0.4 is 10.1 Å². The van der Waals surface area contributed by atoms with Crippen molar-refractivity contribution in [1.82, 2.24) is 9.80 Å². The topological polar surface area (TPSA) is 108 Å². The van der Waals surface area contributed by atoms with Gasteiger partial charge in [-0.2, -0.15) is 13.2 Å². The minimum atomic E-state index is -4.70. The van der Waals surface area contributed by atoms with Crippen LogP contribution in [0.4, 0.5) is 23.2 Å². The number of ether oxygens (including phenoxy) is 2. The second-order valence-electron chi connectivity index (χ2n) is 10.8. The zero-order valence-corrected chi connectivity index (χ0v) is 26.9. The van der Waals surface area contributed by atoms with Crippen LogP contribution in [0.3, 0.4) is 0 Å². The summed E-state index contributed by atoms with van der Waals surface area (Å²) in [5, 5.41) is 11.7. The van der Waals surface area contributed by atoms with E-state index in [9.17, 15) is 31.9 Å². The predicted molar refractivity (Wildman–Crippen MR) is 176 cm³/mol. The van der Waals surface area contributed by atoms with Crippen molar-refractivity contribution in [2.24, 2.45) is 0 Å². The van der Waals surface area contributed by atoms with Crippen molar-refractivity contribution >= 4 is 57.8 Å². The minimum absolute atomic E-state index is 0.0270. The van der Waals surface area contributed by atoms with Gasteiger partial charge < -0.3 is 19.9 Å². The van der Waals surface area contributed by atoms with Crippen molar-refractivity contribution in [3.63, 3.8) is 0 Å². The largest absolute Gasteiger partial charge is 0.492 e. The highest BCUT2D eigenvalue weighted by molar-refractivity contribution is 8.26. The normalized spacial score (nSPS) is 16.4. The highest BCUT2D eigenvalue weighted by Gasteiger charge is 2.33. The number of carbonyl (C=O) groups is 3. The van der Waals surface area contributed by atoms with Crippen LogP contribution in [-0.4, -0.2) is 83.0 Å². The van der Waals surface area contributed by atoms with Crippen molar-refractivity contribution in [3.05, 3.63) is 88.1 Å². The summed E-state index contributed by atoms with van der Waals surface area (Å²) in [7, 11) is 0. The number of hydrogen-bond donors (Lipinski definition) is 2. The second kappa shape index (κ2) is 15.3. The lowest BCUT2D eigenvalue weighted by atomic mass is 10.00. The van der Waals surface area contributed by atoms with Crippen LogP contribution in [0, 0.1) is 5.82 Å². The first kappa shape index (κ1) is 35.0. The summed E-state index contributed by atoms with van der Waals surface area (Å²) in [6.45, 7) is 3.60. The summed E-state index contributed by atoms with van der Waals surface area (Å²) in [4.78, 5) is 40.7. The number of carbonyl (C=O) groups excluding carboxylic acids is 2. The third kappa shape index (κ3) is 8.78. The van der Waals surface area contributed by atoms with Gasteiger partial charge in [0.05, 0.1) is 29.2 Å². The molecule has 0 saturated carbocycles. The molecule has 0 aromatic heterocycles. The SMILES string of the molecule is O=C(CCN1C(=O)C(=Cc2cc(-c3ccc(C(F)(F)F)cc3F)ccc2OCCN2CCOCC2)SC1=S)Nc1ccc(C(=O)O)cc1. The molecule has 0 spiro atoms. The third-order valence-corrected chi connectivity index (χ3v) is 8.90. The lowest BCUT2D eigenvalue weighted by Gasteiger charge is -2.26. The van der Waals surface area contributed by atoms with E-state index in [0.29, 0.717) is 49.4 Å². The molecule has 2 amide bonds. The van der Waals surface area contributed by atoms with E-state index in [1.165, 1.54) is 47.4 Å². The number of aromatic carboxylic acids is 1. The Morgan fingerprint density at radius 3 is 2.44 bits per heavy atom. The minimum Gasteiger partial charge on any atom is -0.492 e. The average molecular weight is 704 g/mol. The fourth-order valence-electron chi connectivity index (χ4n) is 4.96. The molecule has 2 saturated heterocycles. The van der Waals surface area contributed by atoms with Crippen molar-refractivity contribution in [1.29, 1.82) is 0 Å². The van der Waals surface area contributed by atoms with Crippen LogP contribution in [0.1, 0.15) is 27.9 Å². The molecule has 2 aliphatic rings. The van der Waals surface area contributed by atoms with Crippen LogP contribution in [0.15, 0.2) is 65.6 Å². The molecule has 2 aliphatic heterocycles. The molecular weight excluding hydrogens is 675 g/mol.